The van der Waals surface area contributed by atoms with Gasteiger partial charge in [0.25, 0.3) is 0 Å². The van der Waals surface area contributed by atoms with Crippen LogP contribution in [0.1, 0.15) is 30.5 Å². The van der Waals surface area contributed by atoms with Crippen molar-refractivity contribution in [2.45, 2.75) is 38.6 Å². The lowest BCUT2D eigenvalue weighted by molar-refractivity contribution is 0.170. The van der Waals surface area contributed by atoms with Gasteiger partial charge in [-0.05, 0) is 69.2 Å². The Morgan fingerprint density at radius 1 is 1.06 bits per heavy atom. The lowest BCUT2D eigenvalue weighted by Crippen LogP contribution is -2.53. The highest BCUT2D eigenvalue weighted by atomic mass is 32.2. The third kappa shape index (κ3) is 5.39. The van der Waals surface area contributed by atoms with E-state index in [9.17, 15) is 18.5 Å². The van der Waals surface area contributed by atoms with E-state index in [4.69, 9.17) is 4.74 Å². The fourth-order valence-corrected chi connectivity index (χ4v) is 5.15. The minimum Gasteiger partial charge on any atom is -0.456 e. The molecule has 32 heavy (non-hydrogen) atoms. The van der Waals surface area contributed by atoms with E-state index in [-0.39, 0.29) is 54.5 Å². The molecule has 0 saturated carbocycles. The molecular weight excluding hydrogens is 428 g/mol. The van der Waals surface area contributed by atoms with Crippen molar-refractivity contribution in [3.63, 3.8) is 0 Å². The number of nitrogens with one attached hydrogen (secondary N) is 1. The van der Waals surface area contributed by atoms with Crippen LogP contribution < -0.4 is 10.1 Å². The number of amides is 2. The topological polar surface area (TPSA) is 103 Å². The Labute approximate surface area is 189 Å². The average molecular weight is 457 g/mol. The Morgan fingerprint density at radius 2 is 1.69 bits per heavy atom. The van der Waals surface area contributed by atoms with Crippen LogP contribution in [0, 0.1) is 25.2 Å². The first kappa shape index (κ1) is 23.6. The summed E-state index contributed by atoms with van der Waals surface area (Å²) in [6, 6.07) is 11.8. The van der Waals surface area contributed by atoms with Crippen LogP contribution in [-0.4, -0.2) is 55.9 Å². The number of rotatable bonds is 5. The van der Waals surface area contributed by atoms with Gasteiger partial charge in [0.05, 0.1) is 11.6 Å². The van der Waals surface area contributed by atoms with Crippen molar-refractivity contribution in [1.82, 2.24) is 14.5 Å². The van der Waals surface area contributed by atoms with E-state index < -0.39 is 10.0 Å². The summed E-state index contributed by atoms with van der Waals surface area (Å²) in [5, 5.41) is 12.1. The van der Waals surface area contributed by atoms with Crippen molar-refractivity contribution in [2.75, 3.05) is 26.2 Å². The SMILES string of the molecule is Cc1cc(C)cc(Oc2ccc(C#N)cc2S(=O)(=O)N2CCN(C(=O)NC(C)C)CC2)c1. The molecule has 8 nitrogen and oxygen atoms in total. The van der Waals surface area contributed by atoms with Crippen LogP contribution in [0.4, 0.5) is 4.79 Å². The number of hydrogen-bond donors (Lipinski definition) is 1. The lowest BCUT2D eigenvalue weighted by Gasteiger charge is -2.34. The molecule has 1 heterocycles. The second-order valence-corrected chi connectivity index (χ2v) is 10.1. The number of carbonyl (C=O) groups is 1. The van der Waals surface area contributed by atoms with Crippen molar-refractivity contribution >= 4 is 16.1 Å². The standard InChI is InChI=1S/C23H28N4O4S/c1-16(2)25-23(28)26-7-9-27(10-8-26)32(29,30)22-14-19(15-24)5-6-21(22)31-20-12-17(3)11-18(4)13-20/h5-6,11-14,16H,7-10H2,1-4H3,(H,25,28). The van der Waals surface area contributed by atoms with Crippen molar-refractivity contribution in [3.8, 4) is 17.6 Å². The number of benzene rings is 2. The monoisotopic (exact) mass is 456 g/mol. The fraction of sp³-hybridized carbons (Fsp3) is 0.391. The maximum absolute atomic E-state index is 13.5. The first-order valence-electron chi connectivity index (χ1n) is 10.5. The summed E-state index contributed by atoms with van der Waals surface area (Å²) < 4.78 is 34.2. The summed E-state index contributed by atoms with van der Waals surface area (Å²) >= 11 is 0. The molecular formula is C23H28N4O4S. The largest absolute Gasteiger partial charge is 0.456 e. The van der Waals surface area contributed by atoms with Gasteiger partial charge in [-0.3, -0.25) is 0 Å². The van der Waals surface area contributed by atoms with Gasteiger partial charge in [-0.1, -0.05) is 6.07 Å². The number of ether oxygens (including phenoxy) is 1. The van der Waals surface area contributed by atoms with E-state index in [0.29, 0.717) is 5.75 Å². The van der Waals surface area contributed by atoms with Gasteiger partial charge in [-0.2, -0.15) is 9.57 Å². The van der Waals surface area contributed by atoms with E-state index in [2.05, 4.69) is 5.32 Å². The van der Waals surface area contributed by atoms with Gasteiger partial charge in [-0.15, -0.1) is 0 Å². The molecule has 0 aromatic heterocycles. The lowest BCUT2D eigenvalue weighted by atomic mass is 10.1. The molecule has 0 atom stereocenters. The molecule has 1 fully saturated rings. The zero-order valence-electron chi connectivity index (χ0n) is 18.8. The van der Waals surface area contributed by atoms with Crippen molar-refractivity contribution in [2.24, 2.45) is 0 Å². The second kappa shape index (κ2) is 9.59. The van der Waals surface area contributed by atoms with Crippen molar-refractivity contribution < 1.29 is 17.9 Å². The maximum atomic E-state index is 13.5. The highest BCUT2D eigenvalue weighted by molar-refractivity contribution is 7.89. The Bertz CT molecular complexity index is 1130. The van der Waals surface area contributed by atoms with Crippen LogP contribution >= 0.6 is 0 Å². The quantitative estimate of drug-likeness (QED) is 0.743. The van der Waals surface area contributed by atoms with Crippen molar-refractivity contribution in [1.29, 1.82) is 5.26 Å². The Balaban J connectivity index is 1.87. The molecule has 170 valence electrons. The van der Waals surface area contributed by atoms with Gasteiger partial charge in [0.15, 0.2) is 0 Å². The highest BCUT2D eigenvalue weighted by Crippen LogP contribution is 2.33. The molecule has 0 radical (unpaired) electrons. The Kier molecular flexibility index (Phi) is 7.06. The van der Waals surface area contributed by atoms with E-state index >= 15 is 0 Å². The number of hydrogen-bond acceptors (Lipinski definition) is 5. The summed E-state index contributed by atoms with van der Waals surface area (Å²) in [6.45, 7) is 8.50. The molecule has 1 aliphatic heterocycles. The molecule has 1 N–H and O–H groups in total. The normalized spacial score (nSPS) is 14.8. The molecule has 1 aliphatic rings. The van der Waals surface area contributed by atoms with Gasteiger partial charge < -0.3 is 15.0 Å². The predicted molar refractivity (Wildman–Crippen MR) is 121 cm³/mol. The smallest absolute Gasteiger partial charge is 0.317 e. The van der Waals surface area contributed by atoms with Crippen LogP contribution in [0.3, 0.4) is 0 Å². The molecule has 1 saturated heterocycles. The Hall–Kier alpha value is -3.09. The van der Waals surface area contributed by atoms with Gasteiger partial charge in [0.1, 0.15) is 16.4 Å². The van der Waals surface area contributed by atoms with Gasteiger partial charge in [0.2, 0.25) is 10.0 Å². The van der Waals surface area contributed by atoms with Gasteiger partial charge in [-0.25, -0.2) is 13.2 Å². The number of aryl methyl sites for hydroxylation is 2. The van der Waals surface area contributed by atoms with Gasteiger partial charge in [0, 0.05) is 32.2 Å². The molecule has 3 rings (SSSR count). The zero-order valence-corrected chi connectivity index (χ0v) is 19.6. The zero-order chi connectivity index (χ0) is 23.5. The number of sulfonamides is 1. The van der Waals surface area contributed by atoms with Crippen LogP contribution in [-0.2, 0) is 10.0 Å². The van der Waals surface area contributed by atoms with Gasteiger partial charge >= 0.3 is 6.03 Å². The minimum atomic E-state index is -3.94. The molecule has 0 spiro atoms. The summed E-state index contributed by atoms with van der Waals surface area (Å²) in [7, 11) is -3.94. The minimum absolute atomic E-state index is 0.00273. The summed E-state index contributed by atoms with van der Waals surface area (Å²) in [6.07, 6.45) is 0. The number of urea groups is 1. The van der Waals surface area contributed by atoms with Crippen LogP contribution in [0.25, 0.3) is 0 Å². The number of piperazine rings is 1. The molecule has 0 bridgehead atoms. The van der Waals surface area contributed by atoms with Crippen LogP contribution in [0.2, 0.25) is 0 Å². The summed E-state index contributed by atoms with van der Waals surface area (Å²) in [4.78, 5) is 13.8. The van der Waals surface area contributed by atoms with Crippen LogP contribution in [0.15, 0.2) is 41.3 Å². The molecule has 2 amide bonds. The maximum Gasteiger partial charge on any atom is 0.317 e. The number of nitrogens with zero attached hydrogens (tertiary/aromatic N) is 3. The van der Waals surface area contributed by atoms with E-state index in [0.717, 1.165) is 11.1 Å². The first-order valence-corrected chi connectivity index (χ1v) is 11.9. The van der Waals surface area contributed by atoms with E-state index in [1.165, 1.54) is 22.5 Å². The third-order valence-electron chi connectivity index (χ3n) is 5.05. The van der Waals surface area contributed by atoms with Crippen molar-refractivity contribution in [3.05, 3.63) is 53.1 Å². The summed E-state index contributed by atoms with van der Waals surface area (Å²) in [5.74, 6) is 0.688. The second-order valence-electron chi connectivity index (χ2n) is 8.19. The molecule has 0 aliphatic carbocycles. The Morgan fingerprint density at radius 3 is 2.25 bits per heavy atom. The molecule has 2 aromatic rings. The fourth-order valence-electron chi connectivity index (χ4n) is 3.59. The number of carbonyl (C=O) groups excluding carboxylic acids is 1. The van der Waals surface area contributed by atoms with Crippen LogP contribution in [0.5, 0.6) is 11.5 Å². The van der Waals surface area contributed by atoms with E-state index in [1.54, 1.807) is 4.90 Å². The number of nitriles is 1. The first-order chi connectivity index (χ1) is 15.1. The highest BCUT2D eigenvalue weighted by Gasteiger charge is 2.32. The summed E-state index contributed by atoms with van der Waals surface area (Å²) in [5.41, 5.74) is 2.22. The third-order valence-corrected chi connectivity index (χ3v) is 6.97. The molecule has 2 aromatic carbocycles. The average Bonchev–Trinajstić information content (AvgIpc) is 2.73. The molecule has 0 unspecified atom stereocenters. The molecule has 9 heteroatoms. The predicted octanol–water partition coefficient (Wildman–Crippen LogP) is 3.39. The van der Waals surface area contributed by atoms with E-state index in [1.807, 2.05) is 52.0 Å².